The van der Waals surface area contributed by atoms with Gasteiger partial charge in [-0.1, -0.05) is 23.2 Å². The van der Waals surface area contributed by atoms with Gasteiger partial charge in [0.25, 0.3) is 0 Å². The molecule has 2 nitrogen and oxygen atoms in total. The number of aliphatic hydroxyl groups is 1. The number of aliphatic hydroxyl groups excluding tert-OH is 1. The number of rotatable bonds is 3. The van der Waals surface area contributed by atoms with E-state index in [0.717, 1.165) is 11.1 Å². The van der Waals surface area contributed by atoms with E-state index >= 15 is 0 Å². The Kier molecular flexibility index (Phi) is 3.77. The number of hydrogen-bond acceptors (Lipinski definition) is 1. The predicted molar refractivity (Wildman–Crippen MR) is 70.6 cm³/mol. The first-order valence-electron chi connectivity index (χ1n) is 5.34. The molecule has 1 heterocycles. The summed E-state index contributed by atoms with van der Waals surface area (Å²) < 4.78 is 1.97. The Morgan fingerprint density at radius 3 is 2.71 bits per heavy atom. The molecule has 2 rings (SSSR count). The van der Waals surface area contributed by atoms with Gasteiger partial charge in [-0.2, -0.15) is 0 Å². The zero-order valence-corrected chi connectivity index (χ0v) is 10.9. The average Bonchev–Trinajstić information content (AvgIpc) is 2.72. The molecule has 0 aliphatic carbocycles. The van der Waals surface area contributed by atoms with E-state index in [9.17, 15) is 5.11 Å². The Balaban J connectivity index is 2.22. The summed E-state index contributed by atoms with van der Waals surface area (Å²) in [6.45, 7) is 2.39. The minimum atomic E-state index is -0.453. The largest absolute Gasteiger partial charge is 0.389 e. The standard InChI is InChI=1S/C13H13Cl2NO/c1-9(17)10-4-5-16(7-10)8-11-6-12(14)2-3-13(11)15/h2-7,9,17H,8H2,1H3. The van der Waals surface area contributed by atoms with Gasteiger partial charge in [-0.15, -0.1) is 0 Å². The van der Waals surface area contributed by atoms with Gasteiger partial charge < -0.3 is 9.67 Å². The van der Waals surface area contributed by atoms with Gasteiger partial charge in [0.05, 0.1) is 6.10 Å². The lowest BCUT2D eigenvalue weighted by Crippen LogP contribution is -1.97. The normalized spacial score (nSPS) is 12.7. The second-order valence-corrected chi connectivity index (χ2v) is 4.87. The van der Waals surface area contributed by atoms with Crippen molar-refractivity contribution in [2.45, 2.75) is 19.6 Å². The molecule has 0 amide bonds. The molecule has 0 bridgehead atoms. The SMILES string of the molecule is CC(O)c1ccn(Cc2cc(Cl)ccc2Cl)c1. The Morgan fingerprint density at radius 2 is 2.06 bits per heavy atom. The van der Waals surface area contributed by atoms with E-state index in [1.54, 1.807) is 19.1 Å². The van der Waals surface area contributed by atoms with Crippen LogP contribution in [0.5, 0.6) is 0 Å². The molecule has 1 aromatic heterocycles. The zero-order chi connectivity index (χ0) is 12.4. The van der Waals surface area contributed by atoms with Crippen LogP contribution in [0, 0.1) is 0 Å². The molecule has 0 spiro atoms. The number of hydrogen-bond donors (Lipinski definition) is 1. The Bertz CT molecular complexity index is 520. The summed E-state index contributed by atoms with van der Waals surface area (Å²) in [5, 5.41) is 10.8. The molecular formula is C13H13Cl2NO. The number of halogens is 2. The fourth-order valence-corrected chi connectivity index (χ4v) is 2.04. The Morgan fingerprint density at radius 1 is 1.29 bits per heavy atom. The molecule has 4 heteroatoms. The third-order valence-corrected chi connectivity index (χ3v) is 3.22. The van der Waals surface area contributed by atoms with Crippen molar-refractivity contribution in [3.63, 3.8) is 0 Å². The molecule has 0 saturated carbocycles. The highest BCUT2D eigenvalue weighted by Crippen LogP contribution is 2.22. The molecule has 1 atom stereocenters. The van der Waals surface area contributed by atoms with Crippen LogP contribution in [-0.2, 0) is 6.54 Å². The quantitative estimate of drug-likeness (QED) is 0.899. The first kappa shape index (κ1) is 12.5. The zero-order valence-electron chi connectivity index (χ0n) is 9.40. The van der Waals surface area contributed by atoms with E-state index in [2.05, 4.69) is 0 Å². The van der Waals surface area contributed by atoms with Crippen molar-refractivity contribution in [2.24, 2.45) is 0 Å². The summed E-state index contributed by atoms with van der Waals surface area (Å²) in [4.78, 5) is 0. The molecular weight excluding hydrogens is 257 g/mol. The van der Waals surface area contributed by atoms with Crippen molar-refractivity contribution in [3.05, 3.63) is 57.8 Å². The van der Waals surface area contributed by atoms with E-state index < -0.39 is 6.10 Å². The maximum atomic E-state index is 9.44. The summed E-state index contributed by atoms with van der Waals surface area (Å²) in [7, 11) is 0. The van der Waals surface area contributed by atoms with E-state index in [0.29, 0.717) is 16.6 Å². The molecule has 0 radical (unpaired) electrons. The molecule has 2 aromatic rings. The van der Waals surface area contributed by atoms with Crippen molar-refractivity contribution in [1.29, 1.82) is 0 Å². The summed E-state index contributed by atoms with van der Waals surface area (Å²) in [6.07, 6.45) is 3.37. The van der Waals surface area contributed by atoms with Gasteiger partial charge in [0.1, 0.15) is 0 Å². The minimum absolute atomic E-state index is 0.453. The van der Waals surface area contributed by atoms with Crippen LogP contribution in [0.1, 0.15) is 24.2 Å². The highest BCUT2D eigenvalue weighted by molar-refractivity contribution is 6.33. The minimum Gasteiger partial charge on any atom is -0.389 e. The highest BCUT2D eigenvalue weighted by Gasteiger charge is 2.05. The van der Waals surface area contributed by atoms with Crippen LogP contribution in [0.2, 0.25) is 10.0 Å². The summed E-state index contributed by atoms with van der Waals surface area (Å²) in [5.74, 6) is 0. The molecule has 0 aliphatic heterocycles. The van der Waals surface area contributed by atoms with Crippen molar-refractivity contribution < 1.29 is 5.11 Å². The fourth-order valence-electron chi connectivity index (χ4n) is 1.67. The number of nitrogens with zero attached hydrogens (tertiary/aromatic N) is 1. The lowest BCUT2D eigenvalue weighted by Gasteiger charge is -2.06. The molecule has 17 heavy (non-hydrogen) atoms. The molecule has 90 valence electrons. The van der Waals surface area contributed by atoms with Gasteiger partial charge >= 0.3 is 0 Å². The molecule has 1 N–H and O–H groups in total. The van der Waals surface area contributed by atoms with Gasteiger partial charge in [-0.25, -0.2) is 0 Å². The molecule has 1 unspecified atom stereocenters. The van der Waals surface area contributed by atoms with Gasteiger partial charge in [-0.3, -0.25) is 0 Å². The summed E-state index contributed by atoms with van der Waals surface area (Å²) in [6, 6.07) is 7.30. The van der Waals surface area contributed by atoms with E-state index in [1.807, 2.05) is 29.1 Å². The van der Waals surface area contributed by atoms with Gasteiger partial charge in [0, 0.05) is 29.0 Å². The van der Waals surface area contributed by atoms with Crippen LogP contribution in [0.3, 0.4) is 0 Å². The topological polar surface area (TPSA) is 25.2 Å². The Labute approximate surface area is 110 Å². The third kappa shape index (κ3) is 3.03. The van der Waals surface area contributed by atoms with E-state index in [4.69, 9.17) is 23.2 Å². The van der Waals surface area contributed by atoms with E-state index in [1.165, 1.54) is 0 Å². The van der Waals surface area contributed by atoms with Crippen molar-refractivity contribution in [2.75, 3.05) is 0 Å². The average molecular weight is 270 g/mol. The predicted octanol–water partition coefficient (Wildman–Crippen LogP) is 3.90. The summed E-state index contributed by atoms with van der Waals surface area (Å²) >= 11 is 12.0. The molecule has 0 aliphatic rings. The summed E-state index contributed by atoms with van der Waals surface area (Å²) in [5.41, 5.74) is 1.86. The first-order chi connectivity index (χ1) is 8.06. The van der Waals surface area contributed by atoms with Crippen molar-refractivity contribution in [1.82, 2.24) is 4.57 Å². The first-order valence-corrected chi connectivity index (χ1v) is 6.09. The van der Waals surface area contributed by atoms with Gasteiger partial charge in [0.15, 0.2) is 0 Å². The second kappa shape index (κ2) is 5.13. The third-order valence-electron chi connectivity index (χ3n) is 2.62. The highest BCUT2D eigenvalue weighted by atomic mass is 35.5. The Hall–Kier alpha value is -0.960. The second-order valence-electron chi connectivity index (χ2n) is 4.03. The lowest BCUT2D eigenvalue weighted by atomic mass is 10.2. The van der Waals surface area contributed by atoms with Crippen LogP contribution < -0.4 is 0 Å². The molecule has 0 saturated heterocycles. The lowest BCUT2D eigenvalue weighted by molar-refractivity contribution is 0.199. The number of aromatic nitrogens is 1. The molecule has 0 fully saturated rings. The van der Waals surface area contributed by atoms with Gasteiger partial charge in [-0.05, 0) is 42.3 Å². The maximum Gasteiger partial charge on any atom is 0.0776 e. The van der Waals surface area contributed by atoms with Crippen molar-refractivity contribution >= 4 is 23.2 Å². The van der Waals surface area contributed by atoms with Gasteiger partial charge in [0.2, 0.25) is 0 Å². The number of benzene rings is 1. The van der Waals surface area contributed by atoms with E-state index in [-0.39, 0.29) is 0 Å². The smallest absolute Gasteiger partial charge is 0.0776 e. The molecule has 1 aromatic carbocycles. The van der Waals surface area contributed by atoms with Crippen LogP contribution in [0.4, 0.5) is 0 Å². The fraction of sp³-hybridized carbons (Fsp3) is 0.231. The van der Waals surface area contributed by atoms with Crippen LogP contribution in [0.15, 0.2) is 36.7 Å². The van der Waals surface area contributed by atoms with Crippen molar-refractivity contribution in [3.8, 4) is 0 Å². The maximum absolute atomic E-state index is 9.44. The van der Waals surface area contributed by atoms with Crippen LogP contribution in [0.25, 0.3) is 0 Å². The van der Waals surface area contributed by atoms with Crippen LogP contribution in [-0.4, -0.2) is 9.67 Å². The monoisotopic (exact) mass is 269 g/mol. The van der Waals surface area contributed by atoms with Crippen LogP contribution >= 0.6 is 23.2 Å².